The summed E-state index contributed by atoms with van der Waals surface area (Å²) < 4.78 is 28.2. The topological polar surface area (TPSA) is 69.7 Å². The predicted molar refractivity (Wildman–Crippen MR) is 119 cm³/mol. The largest absolute Gasteiger partial charge is 0.336 e. The highest BCUT2D eigenvalue weighted by atomic mass is 32.2. The average molecular weight is 430 g/mol. The van der Waals surface area contributed by atoms with Gasteiger partial charge in [-0.05, 0) is 36.1 Å². The molecule has 6 nitrogen and oxygen atoms in total. The molecule has 2 aromatic carbocycles. The molecule has 0 bridgehead atoms. The Morgan fingerprint density at radius 1 is 1.03 bits per heavy atom. The number of carbonyl (C=O) groups excluding carboxylic acids is 1. The van der Waals surface area contributed by atoms with Crippen LogP contribution < -0.4 is 4.72 Å². The second-order valence-corrected chi connectivity index (χ2v) is 10.0. The number of nitrogens with one attached hydrogen (secondary N) is 1. The maximum absolute atomic E-state index is 13.1. The second kappa shape index (κ2) is 9.73. The van der Waals surface area contributed by atoms with Gasteiger partial charge in [0.2, 0.25) is 10.0 Å². The molecule has 0 atom stereocenters. The van der Waals surface area contributed by atoms with Crippen LogP contribution in [0.25, 0.3) is 0 Å². The Labute approximate surface area is 179 Å². The van der Waals surface area contributed by atoms with E-state index >= 15 is 0 Å². The van der Waals surface area contributed by atoms with Crippen molar-refractivity contribution in [1.29, 1.82) is 0 Å². The predicted octanol–water partition coefficient (Wildman–Crippen LogP) is 2.89. The van der Waals surface area contributed by atoms with E-state index in [-0.39, 0.29) is 17.3 Å². The van der Waals surface area contributed by atoms with Crippen molar-refractivity contribution in [3.63, 3.8) is 0 Å². The molecule has 1 aliphatic rings. The SMILES string of the molecule is Cc1ccc(S(=O)(=O)NCc2ccccc2)cc1C(=O)N1CCN(CC(C)C)CC1. The molecule has 1 fully saturated rings. The molecule has 1 saturated heterocycles. The lowest BCUT2D eigenvalue weighted by molar-refractivity contribution is 0.0623. The number of piperazine rings is 1. The Balaban J connectivity index is 1.71. The smallest absolute Gasteiger partial charge is 0.254 e. The Hall–Kier alpha value is -2.22. The molecule has 1 aliphatic heterocycles. The summed E-state index contributed by atoms with van der Waals surface area (Å²) in [7, 11) is -3.71. The zero-order valence-corrected chi connectivity index (χ0v) is 18.8. The highest BCUT2D eigenvalue weighted by molar-refractivity contribution is 7.89. The molecule has 2 aromatic rings. The maximum Gasteiger partial charge on any atom is 0.254 e. The van der Waals surface area contributed by atoms with Gasteiger partial charge in [0, 0.05) is 44.8 Å². The fraction of sp³-hybridized carbons (Fsp3) is 0.435. The minimum absolute atomic E-state index is 0.100. The standard InChI is InChI=1S/C23H31N3O3S/c1-18(2)17-25-11-13-26(14-12-25)23(27)22-15-21(10-9-19(22)3)30(28,29)24-16-20-7-5-4-6-8-20/h4-10,15,18,24H,11-14,16-17H2,1-3H3. The Bertz CT molecular complexity index is 966. The third-order valence-corrected chi connectivity index (χ3v) is 6.74. The molecule has 162 valence electrons. The number of hydrogen-bond donors (Lipinski definition) is 1. The summed E-state index contributed by atoms with van der Waals surface area (Å²) in [5, 5.41) is 0. The van der Waals surface area contributed by atoms with Crippen molar-refractivity contribution in [2.75, 3.05) is 32.7 Å². The van der Waals surface area contributed by atoms with Gasteiger partial charge < -0.3 is 4.90 Å². The van der Waals surface area contributed by atoms with E-state index in [1.807, 2.05) is 42.2 Å². The highest BCUT2D eigenvalue weighted by Gasteiger charge is 2.25. The number of sulfonamides is 1. The van der Waals surface area contributed by atoms with E-state index in [2.05, 4.69) is 23.5 Å². The third-order valence-electron chi connectivity index (χ3n) is 5.34. The minimum Gasteiger partial charge on any atom is -0.336 e. The first-order valence-corrected chi connectivity index (χ1v) is 11.9. The van der Waals surface area contributed by atoms with Gasteiger partial charge in [-0.2, -0.15) is 0 Å². The lowest BCUT2D eigenvalue weighted by Gasteiger charge is -2.35. The molecule has 0 saturated carbocycles. The number of benzene rings is 2. The van der Waals surface area contributed by atoms with Crippen LogP contribution in [0.5, 0.6) is 0 Å². The van der Waals surface area contributed by atoms with Crippen LogP contribution in [-0.2, 0) is 16.6 Å². The van der Waals surface area contributed by atoms with Crippen molar-refractivity contribution in [3.8, 4) is 0 Å². The van der Waals surface area contributed by atoms with Gasteiger partial charge in [-0.15, -0.1) is 0 Å². The molecule has 3 rings (SSSR count). The molecule has 0 radical (unpaired) electrons. The average Bonchev–Trinajstić information content (AvgIpc) is 2.73. The summed E-state index contributed by atoms with van der Waals surface area (Å²) >= 11 is 0. The summed E-state index contributed by atoms with van der Waals surface area (Å²) in [6.45, 7) is 10.5. The van der Waals surface area contributed by atoms with E-state index in [1.165, 1.54) is 6.07 Å². The molecule has 0 unspecified atom stereocenters. The number of aryl methyl sites for hydroxylation is 1. The fourth-order valence-electron chi connectivity index (χ4n) is 3.68. The van der Waals surface area contributed by atoms with Crippen LogP contribution in [0.4, 0.5) is 0 Å². The van der Waals surface area contributed by atoms with Crippen LogP contribution in [0.3, 0.4) is 0 Å². The maximum atomic E-state index is 13.1. The molecule has 30 heavy (non-hydrogen) atoms. The Morgan fingerprint density at radius 2 is 1.70 bits per heavy atom. The van der Waals surface area contributed by atoms with Gasteiger partial charge in [0.1, 0.15) is 0 Å². The molecule has 1 heterocycles. The van der Waals surface area contributed by atoms with E-state index in [9.17, 15) is 13.2 Å². The Kier molecular flexibility index (Phi) is 7.28. The summed E-state index contributed by atoms with van der Waals surface area (Å²) in [5.41, 5.74) is 2.12. The number of rotatable bonds is 7. The highest BCUT2D eigenvalue weighted by Crippen LogP contribution is 2.19. The summed E-state index contributed by atoms with van der Waals surface area (Å²) in [5.74, 6) is 0.497. The second-order valence-electron chi connectivity index (χ2n) is 8.27. The molecular weight excluding hydrogens is 398 g/mol. The van der Waals surface area contributed by atoms with Crippen LogP contribution in [-0.4, -0.2) is 56.8 Å². The van der Waals surface area contributed by atoms with Crippen LogP contribution in [0.15, 0.2) is 53.4 Å². The lowest BCUT2D eigenvalue weighted by Crippen LogP contribution is -2.49. The van der Waals surface area contributed by atoms with Gasteiger partial charge in [0.15, 0.2) is 0 Å². The van der Waals surface area contributed by atoms with Crippen LogP contribution in [0.1, 0.15) is 35.3 Å². The van der Waals surface area contributed by atoms with Crippen molar-refractivity contribution in [3.05, 3.63) is 65.2 Å². The minimum atomic E-state index is -3.71. The van der Waals surface area contributed by atoms with Crippen molar-refractivity contribution in [2.45, 2.75) is 32.2 Å². The van der Waals surface area contributed by atoms with Crippen LogP contribution in [0.2, 0.25) is 0 Å². The molecular formula is C23H31N3O3S. The number of hydrogen-bond acceptors (Lipinski definition) is 4. The van der Waals surface area contributed by atoms with Gasteiger partial charge in [-0.1, -0.05) is 50.2 Å². The molecule has 1 amide bonds. The van der Waals surface area contributed by atoms with E-state index < -0.39 is 10.0 Å². The molecule has 0 spiro atoms. The molecule has 0 aromatic heterocycles. The fourth-order valence-corrected chi connectivity index (χ4v) is 4.72. The quantitative estimate of drug-likeness (QED) is 0.735. The van der Waals surface area contributed by atoms with E-state index in [1.54, 1.807) is 12.1 Å². The summed E-state index contributed by atoms with van der Waals surface area (Å²) in [4.78, 5) is 17.4. The van der Waals surface area contributed by atoms with Crippen molar-refractivity contribution >= 4 is 15.9 Å². The monoisotopic (exact) mass is 429 g/mol. The van der Waals surface area contributed by atoms with Gasteiger partial charge in [0.05, 0.1) is 4.90 Å². The first kappa shape index (κ1) is 22.5. The third kappa shape index (κ3) is 5.68. The van der Waals surface area contributed by atoms with Crippen molar-refractivity contribution in [1.82, 2.24) is 14.5 Å². The van der Waals surface area contributed by atoms with Crippen LogP contribution in [0, 0.1) is 12.8 Å². The molecule has 0 aliphatic carbocycles. The molecule has 1 N–H and O–H groups in total. The van der Waals surface area contributed by atoms with Crippen molar-refractivity contribution < 1.29 is 13.2 Å². The first-order chi connectivity index (χ1) is 14.3. The first-order valence-electron chi connectivity index (χ1n) is 10.4. The van der Waals surface area contributed by atoms with Crippen LogP contribution >= 0.6 is 0 Å². The lowest BCUT2D eigenvalue weighted by atomic mass is 10.1. The normalized spacial score (nSPS) is 15.5. The van der Waals surface area contributed by atoms with Gasteiger partial charge in [-0.3, -0.25) is 9.69 Å². The zero-order chi connectivity index (χ0) is 21.7. The Morgan fingerprint density at radius 3 is 2.33 bits per heavy atom. The number of carbonyl (C=O) groups is 1. The van der Waals surface area contributed by atoms with Gasteiger partial charge in [0.25, 0.3) is 5.91 Å². The zero-order valence-electron chi connectivity index (χ0n) is 18.0. The molecule has 7 heteroatoms. The van der Waals surface area contributed by atoms with E-state index in [0.29, 0.717) is 24.6 Å². The summed E-state index contributed by atoms with van der Waals surface area (Å²) in [6, 6.07) is 14.1. The van der Waals surface area contributed by atoms with Crippen molar-refractivity contribution in [2.24, 2.45) is 5.92 Å². The number of amides is 1. The van der Waals surface area contributed by atoms with Gasteiger partial charge in [-0.25, -0.2) is 13.1 Å². The van der Waals surface area contributed by atoms with Gasteiger partial charge >= 0.3 is 0 Å². The number of nitrogens with zero attached hydrogens (tertiary/aromatic N) is 2. The van der Waals surface area contributed by atoms with E-state index in [4.69, 9.17) is 0 Å². The van der Waals surface area contributed by atoms with E-state index in [0.717, 1.165) is 30.8 Å². The summed E-state index contributed by atoms with van der Waals surface area (Å²) in [6.07, 6.45) is 0.